The maximum Gasteiger partial charge on any atom is 0.197 e. The van der Waals surface area contributed by atoms with E-state index in [1.807, 2.05) is 6.07 Å². The van der Waals surface area contributed by atoms with Crippen LogP contribution in [0.25, 0.3) is 21.7 Å². The van der Waals surface area contributed by atoms with Crippen molar-refractivity contribution in [3.63, 3.8) is 0 Å². The van der Waals surface area contributed by atoms with E-state index in [0.29, 0.717) is 33.6 Å². The Balaban J connectivity index is 1.40. The first-order valence-electron chi connectivity index (χ1n) is 8.17. The highest BCUT2D eigenvalue weighted by Gasteiger charge is 2.41. The highest BCUT2D eigenvalue weighted by molar-refractivity contribution is 7.19. The Morgan fingerprint density at radius 2 is 1.62 bits per heavy atom. The maximum absolute atomic E-state index is 13.9. The summed E-state index contributed by atoms with van der Waals surface area (Å²) in [5.41, 5.74) is 1.04. The molecule has 0 N–H and O–H groups in total. The average molecular weight is 366 g/mol. The third-order valence-corrected chi connectivity index (χ3v) is 5.81. The lowest BCUT2D eigenvalue weighted by Gasteiger charge is -2.01. The molecular weight excluding hydrogens is 354 g/mol. The first-order valence-corrected chi connectivity index (χ1v) is 8.98. The van der Waals surface area contributed by atoms with E-state index in [-0.39, 0.29) is 0 Å². The Morgan fingerprint density at radius 3 is 2.38 bits per heavy atom. The lowest BCUT2D eigenvalue weighted by molar-refractivity contribution is 0.592. The molecule has 3 heterocycles. The summed E-state index contributed by atoms with van der Waals surface area (Å²) in [6.07, 6.45) is 7.87. The van der Waals surface area contributed by atoms with Gasteiger partial charge in [0.2, 0.25) is 0 Å². The number of benzene rings is 1. The first-order chi connectivity index (χ1) is 12.7. The topological polar surface area (TPSA) is 51.6 Å². The zero-order valence-corrected chi connectivity index (χ0v) is 14.3. The molecule has 5 rings (SSSR count). The molecule has 4 nitrogen and oxygen atoms in total. The fraction of sp³-hybridized carbons (Fsp3) is 0.158. The molecule has 128 valence electrons. The quantitative estimate of drug-likeness (QED) is 0.527. The predicted octanol–water partition coefficient (Wildman–Crippen LogP) is 4.70. The highest BCUT2D eigenvalue weighted by atomic mass is 32.1. The van der Waals surface area contributed by atoms with Crippen LogP contribution in [0.5, 0.6) is 0 Å². The van der Waals surface area contributed by atoms with Gasteiger partial charge in [0.05, 0.1) is 0 Å². The molecule has 7 heteroatoms. The Kier molecular flexibility index (Phi) is 3.49. The monoisotopic (exact) mass is 366 g/mol. The fourth-order valence-electron chi connectivity index (χ4n) is 3.20. The van der Waals surface area contributed by atoms with Crippen LogP contribution in [0.1, 0.15) is 28.7 Å². The number of aromatic nitrogens is 4. The lowest BCUT2D eigenvalue weighted by atomic mass is 10.1. The van der Waals surface area contributed by atoms with Crippen LogP contribution in [-0.2, 0) is 0 Å². The molecule has 0 amide bonds. The molecule has 4 aromatic rings. The van der Waals surface area contributed by atoms with Gasteiger partial charge in [-0.05, 0) is 36.1 Å². The van der Waals surface area contributed by atoms with Crippen LogP contribution in [0.2, 0.25) is 0 Å². The minimum atomic E-state index is -0.539. The standard InChI is InChI=1S/C19H12F2N4S/c20-11-4-15(21)14-7-17(26-16(14)5-11)13-6-12(13)10-8-24-19(25-9-10)18-22-2-1-3-23-18/h1-5,7-9,12-13H,6H2. The molecule has 3 aromatic heterocycles. The second kappa shape index (κ2) is 5.88. The van der Waals surface area contributed by atoms with Crippen LogP contribution in [0.4, 0.5) is 8.78 Å². The van der Waals surface area contributed by atoms with E-state index in [2.05, 4.69) is 19.9 Å². The van der Waals surface area contributed by atoms with Crippen LogP contribution < -0.4 is 0 Å². The van der Waals surface area contributed by atoms with Gasteiger partial charge in [0.25, 0.3) is 0 Å². The van der Waals surface area contributed by atoms with E-state index in [4.69, 9.17) is 0 Å². The van der Waals surface area contributed by atoms with Crippen molar-refractivity contribution >= 4 is 21.4 Å². The molecule has 0 radical (unpaired) electrons. The van der Waals surface area contributed by atoms with Crippen LogP contribution in [0.3, 0.4) is 0 Å². The molecule has 2 unspecified atom stereocenters. The summed E-state index contributed by atoms with van der Waals surface area (Å²) in [7, 11) is 0. The second-order valence-corrected chi connectivity index (χ2v) is 7.42. The van der Waals surface area contributed by atoms with Crippen molar-refractivity contribution in [3.05, 3.63) is 71.1 Å². The van der Waals surface area contributed by atoms with Gasteiger partial charge >= 0.3 is 0 Å². The normalized spacial score (nSPS) is 19.0. The summed E-state index contributed by atoms with van der Waals surface area (Å²) in [4.78, 5) is 18.1. The molecule has 0 saturated heterocycles. The summed E-state index contributed by atoms with van der Waals surface area (Å²) < 4.78 is 27.9. The van der Waals surface area contributed by atoms with Crippen molar-refractivity contribution in [3.8, 4) is 11.6 Å². The minimum Gasteiger partial charge on any atom is -0.234 e. The Morgan fingerprint density at radius 1 is 0.885 bits per heavy atom. The summed E-state index contributed by atoms with van der Waals surface area (Å²) in [5.74, 6) is 0.552. The zero-order valence-electron chi connectivity index (χ0n) is 13.4. The Hall–Kier alpha value is -2.80. The van der Waals surface area contributed by atoms with Crippen molar-refractivity contribution in [1.82, 2.24) is 19.9 Å². The van der Waals surface area contributed by atoms with Crippen molar-refractivity contribution in [2.75, 3.05) is 0 Å². The largest absolute Gasteiger partial charge is 0.234 e. The van der Waals surface area contributed by atoms with Gasteiger partial charge in [0, 0.05) is 51.7 Å². The van der Waals surface area contributed by atoms with Crippen molar-refractivity contribution in [2.45, 2.75) is 18.3 Å². The van der Waals surface area contributed by atoms with Crippen LogP contribution in [0.15, 0.2) is 49.1 Å². The third-order valence-electron chi connectivity index (χ3n) is 4.59. The number of rotatable bonds is 3. The molecule has 0 bridgehead atoms. The lowest BCUT2D eigenvalue weighted by Crippen LogP contribution is -1.95. The second-order valence-electron chi connectivity index (χ2n) is 6.31. The van der Waals surface area contributed by atoms with Gasteiger partial charge in [-0.1, -0.05) is 0 Å². The summed E-state index contributed by atoms with van der Waals surface area (Å²) in [6.45, 7) is 0. The number of fused-ring (bicyclic) bond motifs is 1. The molecule has 1 saturated carbocycles. The number of hydrogen-bond donors (Lipinski definition) is 0. The van der Waals surface area contributed by atoms with E-state index in [0.717, 1.165) is 22.9 Å². The molecule has 1 fully saturated rings. The van der Waals surface area contributed by atoms with Gasteiger partial charge in [-0.25, -0.2) is 28.7 Å². The van der Waals surface area contributed by atoms with Gasteiger partial charge in [0.15, 0.2) is 11.6 Å². The molecule has 1 aliphatic carbocycles. The number of nitrogens with zero attached hydrogens (tertiary/aromatic N) is 4. The highest BCUT2D eigenvalue weighted by Crippen LogP contribution is 2.56. The zero-order chi connectivity index (χ0) is 17.7. The number of hydrogen-bond acceptors (Lipinski definition) is 5. The molecule has 0 spiro atoms. The molecular formula is C19H12F2N4S. The molecule has 1 aromatic carbocycles. The first kappa shape index (κ1) is 15.5. The number of halogens is 2. The minimum absolute atomic E-state index is 0.303. The van der Waals surface area contributed by atoms with E-state index in [9.17, 15) is 8.78 Å². The van der Waals surface area contributed by atoms with Gasteiger partial charge in [-0.2, -0.15) is 0 Å². The van der Waals surface area contributed by atoms with Crippen LogP contribution in [-0.4, -0.2) is 19.9 Å². The molecule has 0 aliphatic heterocycles. The fourth-order valence-corrected chi connectivity index (χ4v) is 4.48. The SMILES string of the molecule is Fc1cc(F)c2cc(C3CC3c3cnc(-c4ncccn4)nc3)sc2c1. The predicted molar refractivity (Wildman–Crippen MR) is 94.9 cm³/mol. The molecule has 2 atom stereocenters. The van der Waals surface area contributed by atoms with Gasteiger partial charge in [-0.3, -0.25) is 0 Å². The van der Waals surface area contributed by atoms with Gasteiger partial charge < -0.3 is 0 Å². The maximum atomic E-state index is 13.9. The van der Waals surface area contributed by atoms with E-state index in [1.54, 1.807) is 30.9 Å². The Labute approximate surface area is 151 Å². The van der Waals surface area contributed by atoms with Gasteiger partial charge in [-0.15, -0.1) is 11.3 Å². The summed E-state index contributed by atoms with van der Waals surface area (Å²) >= 11 is 1.45. The van der Waals surface area contributed by atoms with E-state index in [1.165, 1.54) is 17.4 Å². The van der Waals surface area contributed by atoms with Crippen molar-refractivity contribution in [2.24, 2.45) is 0 Å². The molecule has 1 aliphatic rings. The van der Waals surface area contributed by atoms with Crippen molar-refractivity contribution in [1.29, 1.82) is 0 Å². The average Bonchev–Trinajstić information content (AvgIpc) is 3.35. The van der Waals surface area contributed by atoms with Crippen LogP contribution in [0, 0.1) is 11.6 Å². The summed E-state index contributed by atoms with van der Waals surface area (Å²) in [5, 5.41) is 0.491. The van der Waals surface area contributed by atoms with Crippen LogP contribution >= 0.6 is 11.3 Å². The van der Waals surface area contributed by atoms with E-state index < -0.39 is 11.6 Å². The molecule has 26 heavy (non-hydrogen) atoms. The van der Waals surface area contributed by atoms with Crippen molar-refractivity contribution < 1.29 is 8.78 Å². The smallest absolute Gasteiger partial charge is 0.197 e. The Bertz CT molecular complexity index is 1100. The number of thiophene rings is 1. The van der Waals surface area contributed by atoms with E-state index >= 15 is 0 Å². The third kappa shape index (κ3) is 2.64. The summed E-state index contributed by atoms with van der Waals surface area (Å²) in [6, 6.07) is 5.90. The van der Waals surface area contributed by atoms with Gasteiger partial charge in [0.1, 0.15) is 11.6 Å².